The molecule has 0 aliphatic rings. The summed E-state index contributed by atoms with van der Waals surface area (Å²) in [5.74, 6) is -2.16. The smallest absolute Gasteiger partial charge is 0.312 e. The van der Waals surface area contributed by atoms with Gasteiger partial charge in [0, 0.05) is 5.88 Å². The highest BCUT2D eigenvalue weighted by atomic mass is 35.5. The van der Waals surface area contributed by atoms with Gasteiger partial charge in [-0.05, 0) is 17.7 Å². The topological polar surface area (TPSA) is 37.3 Å². The number of halogens is 2. The minimum atomic E-state index is -0.999. The average molecular weight is 203 g/mol. The monoisotopic (exact) mass is 202 g/mol. The van der Waals surface area contributed by atoms with Crippen LogP contribution in [0.4, 0.5) is 4.39 Å². The molecule has 0 radical (unpaired) electrons. The molecule has 1 N–H and O–H groups in total. The van der Waals surface area contributed by atoms with E-state index in [0.29, 0.717) is 5.56 Å². The van der Waals surface area contributed by atoms with Crippen LogP contribution in [0.1, 0.15) is 11.5 Å². The van der Waals surface area contributed by atoms with Gasteiger partial charge < -0.3 is 5.11 Å². The first-order valence-corrected chi connectivity index (χ1v) is 4.23. The van der Waals surface area contributed by atoms with Gasteiger partial charge in [-0.2, -0.15) is 0 Å². The lowest BCUT2D eigenvalue weighted by atomic mass is 10.0. The van der Waals surface area contributed by atoms with E-state index >= 15 is 0 Å². The Hall–Kier alpha value is -1.09. The van der Waals surface area contributed by atoms with E-state index in [-0.39, 0.29) is 11.7 Å². The van der Waals surface area contributed by atoms with Gasteiger partial charge in [0.1, 0.15) is 5.82 Å². The molecular formula is C9H8ClFO2. The Balaban J connectivity index is 2.92. The first kappa shape index (κ1) is 9.99. The fourth-order valence-corrected chi connectivity index (χ4v) is 1.30. The maximum atomic E-state index is 12.5. The highest BCUT2D eigenvalue weighted by Gasteiger charge is 2.17. The average Bonchev–Trinajstić information content (AvgIpc) is 2.09. The first-order chi connectivity index (χ1) is 6.15. The zero-order valence-electron chi connectivity index (χ0n) is 6.71. The van der Waals surface area contributed by atoms with Crippen molar-refractivity contribution in [3.63, 3.8) is 0 Å². The second-order valence-corrected chi connectivity index (χ2v) is 2.91. The van der Waals surface area contributed by atoms with Crippen LogP contribution in [0.2, 0.25) is 0 Å². The predicted octanol–water partition coefficient (Wildman–Crippen LogP) is 2.23. The molecule has 0 aliphatic heterocycles. The molecule has 0 heterocycles. The van der Waals surface area contributed by atoms with E-state index < -0.39 is 11.9 Å². The summed E-state index contributed by atoms with van der Waals surface area (Å²) in [6.45, 7) is 0. The van der Waals surface area contributed by atoms with Gasteiger partial charge >= 0.3 is 5.97 Å². The van der Waals surface area contributed by atoms with Crippen LogP contribution in [0.5, 0.6) is 0 Å². The zero-order valence-corrected chi connectivity index (χ0v) is 7.46. The van der Waals surface area contributed by atoms with E-state index in [1.807, 2.05) is 0 Å². The van der Waals surface area contributed by atoms with E-state index in [1.54, 1.807) is 0 Å². The molecule has 0 amide bonds. The van der Waals surface area contributed by atoms with Crippen molar-refractivity contribution >= 4 is 17.6 Å². The van der Waals surface area contributed by atoms with Crippen LogP contribution < -0.4 is 0 Å². The number of carbonyl (C=O) groups is 1. The quantitative estimate of drug-likeness (QED) is 0.764. The molecule has 0 aliphatic carbocycles. The Labute approximate surface area is 80.0 Å². The number of hydrogen-bond donors (Lipinski definition) is 1. The van der Waals surface area contributed by atoms with Crippen molar-refractivity contribution in [2.24, 2.45) is 0 Å². The molecule has 1 unspecified atom stereocenters. The highest BCUT2D eigenvalue weighted by Crippen LogP contribution is 2.17. The molecule has 1 aromatic rings. The maximum Gasteiger partial charge on any atom is 0.312 e. The van der Waals surface area contributed by atoms with Crippen LogP contribution in [0, 0.1) is 5.82 Å². The second-order valence-electron chi connectivity index (χ2n) is 2.60. The van der Waals surface area contributed by atoms with Crippen molar-refractivity contribution in [2.75, 3.05) is 5.88 Å². The fourth-order valence-electron chi connectivity index (χ4n) is 0.993. The van der Waals surface area contributed by atoms with Crippen molar-refractivity contribution in [1.82, 2.24) is 0 Å². The van der Waals surface area contributed by atoms with Gasteiger partial charge in [-0.25, -0.2) is 4.39 Å². The molecule has 1 atom stereocenters. The molecule has 0 fully saturated rings. The van der Waals surface area contributed by atoms with Gasteiger partial charge in [-0.1, -0.05) is 12.1 Å². The van der Waals surface area contributed by atoms with Crippen LogP contribution >= 0.6 is 11.6 Å². The molecule has 0 aromatic heterocycles. The molecule has 13 heavy (non-hydrogen) atoms. The zero-order chi connectivity index (χ0) is 9.84. The lowest BCUT2D eigenvalue weighted by molar-refractivity contribution is -0.138. The lowest BCUT2D eigenvalue weighted by Crippen LogP contribution is -2.12. The molecule has 0 saturated heterocycles. The number of benzene rings is 1. The van der Waals surface area contributed by atoms with Crippen LogP contribution in [0.25, 0.3) is 0 Å². The number of hydrogen-bond acceptors (Lipinski definition) is 1. The minimum Gasteiger partial charge on any atom is -0.481 e. The van der Waals surface area contributed by atoms with E-state index in [9.17, 15) is 9.18 Å². The standard InChI is InChI=1S/C9H8ClFO2/c10-5-8(9(12)13)6-1-3-7(11)4-2-6/h1-4,8H,5H2,(H,12,13). The number of carboxylic acids is 1. The first-order valence-electron chi connectivity index (χ1n) is 3.69. The van der Waals surface area contributed by atoms with Crippen molar-refractivity contribution in [3.8, 4) is 0 Å². The number of aliphatic carboxylic acids is 1. The van der Waals surface area contributed by atoms with Gasteiger partial charge in [-0.15, -0.1) is 11.6 Å². The molecule has 2 nitrogen and oxygen atoms in total. The molecule has 0 spiro atoms. The molecule has 1 rings (SSSR count). The van der Waals surface area contributed by atoms with Crippen molar-refractivity contribution in [3.05, 3.63) is 35.6 Å². The van der Waals surface area contributed by atoms with Crippen molar-refractivity contribution in [1.29, 1.82) is 0 Å². The SMILES string of the molecule is O=C(O)C(CCl)c1ccc(F)cc1. The van der Waals surface area contributed by atoms with Crippen molar-refractivity contribution in [2.45, 2.75) is 5.92 Å². The van der Waals surface area contributed by atoms with Gasteiger partial charge in [-0.3, -0.25) is 4.79 Å². The third kappa shape index (κ3) is 2.42. The van der Waals surface area contributed by atoms with Crippen LogP contribution in [0.15, 0.2) is 24.3 Å². The summed E-state index contributed by atoms with van der Waals surface area (Å²) in [6.07, 6.45) is 0. The summed E-state index contributed by atoms with van der Waals surface area (Å²) >= 11 is 5.46. The Morgan fingerprint density at radius 1 is 1.46 bits per heavy atom. The third-order valence-electron chi connectivity index (χ3n) is 1.72. The summed E-state index contributed by atoms with van der Waals surface area (Å²) < 4.78 is 12.5. The number of rotatable bonds is 3. The van der Waals surface area contributed by atoms with Gasteiger partial charge in [0.05, 0.1) is 5.92 Å². The van der Waals surface area contributed by atoms with Gasteiger partial charge in [0.25, 0.3) is 0 Å². The van der Waals surface area contributed by atoms with E-state index in [2.05, 4.69) is 0 Å². The third-order valence-corrected chi connectivity index (χ3v) is 2.03. The summed E-state index contributed by atoms with van der Waals surface area (Å²) in [7, 11) is 0. The molecule has 70 valence electrons. The Morgan fingerprint density at radius 2 is 2.00 bits per heavy atom. The largest absolute Gasteiger partial charge is 0.481 e. The number of carboxylic acid groups (broad SMARTS) is 1. The molecular weight excluding hydrogens is 195 g/mol. The molecule has 1 aromatic carbocycles. The van der Waals surface area contributed by atoms with E-state index in [1.165, 1.54) is 24.3 Å². The van der Waals surface area contributed by atoms with Crippen LogP contribution in [-0.2, 0) is 4.79 Å². The highest BCUT2D eigenvalue weighted by molar-refractivity contribution is 6.19. The predicted molar refractivity (Wildman–Crippen MR) is 47.5 cm³/mol. The Morgan fingerprint density at radius 3 is 2.38 bits per heavy atom. The molecule has 0 saturated carbocycles. The van der Waals surface area contributed by atoms with E-state index in [0.717, 1.165) is 0 Å². The Kier molecular flexibility index (Phi) is 3.25. The minimum absolute atomic E-state index is 0.0129. The second kappa shape index (κ2) is 4.23. The normalized spacial score (nSPS) is 12.5. The summed E-state index contributed by atoms with van der Waals surface area (Å²) in [5.41, 5.74) is 0.518. The van der Waals surface area contributed by atoms with Gasteiger partial charge in [0.15, 0.2) is 0 Å². The maximum absolute atomic E-state index is 12.5. The molecule has 0 bridgehead atoms. The van der Waals surface area contributed by atoms with E-state index in [4.69, 9.17) is 16.7 Å². The number of alkyl halides is 1. The lowest BCUT2D eigenvalue weighted by Gasteiger charge is -2.07. The fraction of sp³-hybridized carbons (Fsp3) is 0.222. The van der Waals surface area contributed by atoms with Gasteiger partial charge in [0.2, 0.25) is 0 Å². The molecule has 4 heteroatoms. The van der Waals surface area contributed by atoms with Crippen molar-refractivity contribution < 1.29 is 14.3 Å². The van der Waals surface area contributed by atoms with Crippen LogP contribution in [-0.4, -0.2) is 17.0 Å². The Bertz CT molecular complexity index is 297. The summed E-state index contributed by atoms with van der Waals surface area (Å²) in [5, 5.41) is 8.72. The van der Waals surface area contributed by atoms with Crippen LogP contribution in [0.3, 0.4) is 0 Å². The summed E-state index contributed by atoms with van der Waals surface area (Å²) in [6, 6.07) is 5.29. The summed E-state index contributed by atoms with van der Waals surface area (Å²) in [4.78, 5) is 10.6.